The van der Waals surface area contributed by atoms with Gasteiger partial charge in [0.25, 0.3) is 0 Å². The molecular weight excluding hydrogens is 354 g/mol. The lowest BCUT2D eigenvalue weighted by Gasteiger charge is -2.14. The molecule has 5 nitrogen and oxygen atoms in total. The van der Waals surface area contributed by atoms with Crippen LogP contribution in [0.5, 0.6) is 17.2 Å². The van der Waals surface area contributed by atoms with Gasteiger partial charge in [-0.2, -0.15) is 0 Å². The smallest absolute Gasteiger partial charge is 0.220 e. The molecule has 2 aromatic carbocycles. The Morgan fingerprint density at radius 1 is 1.11 bits per heavy atom. The molecule has 1 heterocycles. The highest BCUT2D eigenvalue weighted by molar-refractivity contribution is 5.76. The lowest BCUT2D eigenvalue weighted by molar-refractivity contribution is -0.121. The van der Waals surface area contributed by atoms with Gasteiger partial charge in [0.2, 0.25) is 5.91 Å². The van der Waals surface area contributed by atoms with Crippen LogP contribution in [0.15, 0.2) is 36.4 Å². The van der Waals surface area contributed by atoms with Gasteiger partial charge in [-0.3, -0.25) is 4.79 Å². The van der Waals surface area contributed by atoms with Gasteiger partial charge in [0.15, 0.2) is 0 Å². The molecule has 28 heavy (non-hydrogen) atoms. The number of para-hydroxylation sites is 1. The van der Waals surface area contributed by atoms with Gasteiger partial charge in [-0.25, -0.2) is 0 Å². The number of rotatable bonds is 9. The number of carbonyl (C=O) groups is 1. The molecule has 3 rings (SSSR count). The van der Waals surface area contributed by atoms with Gasteiger partial charge in [-0.05, 0) is 51.0 Å². The van der Waals surface area contributed by atoms with Crippen molar-refractivity contribution < 1.29 is 19.0 Å². The molecule has 150 valence electrons. The number of nitrogens with one attached hydrogen (secondary N) is 1. The summed E-state index contributed by atoms with van der Waals surface area (Å²) in [6.07, 6.45) is 2.12. The fraction of sp³-hybridized carbons (Fsp3) is 0.435. The van der Waals surface area contributed by atoms with E-state index in [1.54, 1.807) is 0 Å². The van der Waals surface area contributed by atoms with E-state index in [1.165, 1.54) is 5.56 Å². The van der Waals surface area contributed by atoms with Gasteiger partial charge in [0.05, 0.1) is 13.2 Å². The van der Waals surface area contributed by atoms with Crippen molar-refractivity contribution in [3.05, 3.63) is 53.1 Å². The molecule has 2 aromatic rings. The number of hydrogen-bond donors (Lipinski definition) is 1. The molecule has 5 heteroatoms. The van der Waals surface area contributed by atoms with Crippen molar-refractivity contribution in [1.29, 1.82) is 0 Å². The minimum absolute atomic E-state index is 0.00327. The zero-order valence-electron chi connectivity index (χ0n) is 16.9. The quantitative estimate of drug-likeness (QED) is 0.710. The Hall–Kier alpha value is -2.69. The van der Waals surface area contributed by atoms with Crippen LogP contribution >= 0.6 is 0 Å². The number of hydrogen-bond acceptors (Lipinski definition) is 4. The molecule has 0 aromatic heterocycles. The Labute approximate surface area is 167 Å². The van der Waals surface area contributed by atoms with Crippen molar-refractivity contribution in [2.75, 3.05) is 13.2 Å². The predicted octanol–water partition coefficient (Wildman–Crippen LogP) is 4.06. The number of fused-ring (bicyclic) bond motifs is 1. The normalized spacial score (nSPS) is 14.9. The fourth-order valence-corrected chi connectivity index (χ4v) is 3.45. The van der Waals surface area contributed by atoms with Crippen LogP contribution in [0.3, 0.4) is 0 Å². The Balaban J connectivity index is 1.59. The third kappa shape index (κ3) is 4.97. The third-order valence-electron chi connectivity index (χ3n) is 4.75. The maximum absolute atomic E-state index is 12.4. The van der Waals surface area contributed by atoms with Crippen molar-refractivity contribution >= 4 is 5.91 Å². The summed E-state index contributed by atoms with van der Waals surface area (Å²) in [6, 6.07) is 11.9. The van der Waals surface area contributed by atoms with E-state index in [-0.39, 0.29) is 12.0 Å². The number of benzene rings is 2. The van der Waals surface area contributed by atoms with E-state index in [0.717, 1.165) is 34.8 Å². The molecule has 0 saturated carbocycles. The van der Waals surface area contributed by atoms with E-state index >= 15 is 0 Å². The first kappa shape index (κ1) is 20.1. The molecule has 0 saturated heterocycles. The van der Waals surface area contributed by atoms with Crippen LogP contribution in [0, 0.1) is 0 Å². The second-order valence-electron chi connectivity index (χ2n) is 6.95. The van der Waals surface area contributed by atoms with Crippen molar-refractivity contribution in [1.82, 2.24) is 5.32 Å². The van der Waals surface area contributed by atoms with E-state index in [9.17, 15) is 4.79 Å². The molecule has 1 atom stereocenters. The molecule has 1 amide bonds. The van der Waals surface area contributed by atoms with Crippen LogP contribution < -0.4 is 19.5 Å². The first-order valence-electron chi connectivity index (χ1n) is 10.0. The third-order valence-corrected chi connectivity index (χ3v) is 4.75. The van der Waals surface area contributed by atoms with E-state index in [0.29, 0.717) is 32.6 Å². The van der Waals surface area contributed by atoms with Crippen LogP contribution in [0.4, 0.5) is 0 Å². The first-order chi connectivity index (χ1) is 13.6. The van der Waals surface area contributed by atoms with Gasteiger partial charge < -0.3 is 19.5 Å². The molecule has 0 spiro atoms. The molecule has 0 unspecified atom stereocenters. The zero-order chi connectivity index (χ0) is 19.9. The highest BCUT2D eigenvalue weighted by atomic mass is 16.5. The summed E-state index contributed by atoms with van der Waals surface area (Å²) < 4.78 is 17.3. The maximum atomic E-state index is 12.4. The van der Waals surface area contributed by atoms with Crippen LogP contribution in [0.25, 0.3) is 0 Å². The summed E-state index contributed by atoms with van der Waals surface area (Å²) in [5.74, 6) is 2.57. The Morgan fingerprint density at radius 3 is 2.64 bits per heavy atom. The average Bonchev–Trinajstić information content (AvgIpc) is 3.04. The van der Waals surface area contributed by atoms with Gasteiger partial charge in [0.1, 0.15) is 23.4 Å². The van der Waals surface area contributed by atoms with E-state index in [1.807, 2.05) is 50.2 Å². The molecule has 0 fully saturated rings. The van der Waals surface area contributed by atoms with E-state index in [4.69, 9.17) is 14.2 Å². The molecule has 1 N–H and O–H groups in total. The highest BCUT2D eigenvalue weighted by Crippen LogP contribution is 2.35. The molecule has 1 aliphatic rings. The Kier molecular flexibility index (Phi) is 6.80. The minimum atomic E-state index is 0.00327. The summed E-state index contributed by atoms with van der Waals surface area (Å²) in [5, 5.41) is 3.01. The molecule has 0 radical (unpaired) electrons. The van der Waals surface area contributed by atoms with E-state index < -0.39 is 0 Å². The summed E-state index contributed by atoms with van der Waals surface area (Å²) >= 11 is 0. The van der Waals surface area contributed by atoms with Gasteiger partial charge in [-0.15, -0.1) is 0 Å². The maximum Gasteiger partial charge on any atom is 0.220 e. The number of aryl methyl sites for hydroxylation is 1. The summed E-state index contributed by atoms with van der Waals surface area (Å²) in [6.45, 7) is 7.60. The van der Waals surface area contributed by atoms with Crippen LogP contribution in [0.1, 0.15) is 43.9 Å². The lowest BCUT2D eigenvalue weighted by Crippen LogP contribution is -2.23. The topological polar surface area (TPSA) is 56.8 Å². The van der Waals surface area contributed by atoms with Crippen molar-refractivity contribution in [3.8, 4) is 17.2 Å². The largest absolute Gasteiger partial charge is 0.494 e. The molecular formula is C23H29NO4. The predicted molar refractivity (Wildman–Crippen MR) is 109 cm³/mol. The summed E-state index contributed by atoms with van der Waals surface area (Å²) in [7, 11) is 0. The number of amides is 1. The fourth-order valence-electron chi connectivity index (χ4n) is 3.45. The van der Waals surface area contributed by atoms with Crippen molar-refractivity contribution in [2.24, 2.45) is 0 Å². The SMILES string of the molecule is CCOc1ccccc1CCC(=O)NCc1cc2c(cc1OCC)C[C@@H](C)O2. The monoisotopic (exact) mass is 383 g/mol. The zero-order valence-corrected chi connectivity index (χ0v) is 16.9. The van der Waals surface area contributed by atoms with Crippen LogP contribution in [-0.4, -0.2) is 25.2 Å². The molecule has 0 bridgehead atoms. The molecule has 1 aliphatic heterocycles. The van der Waals surface area contributed by atoms with Crippen molar-refractivity contribution in [3.63, 3.8) is 0 Å². The summed E-state index contributed by atoms with van der Waals surface area (Å²) in [5.41, 5.74) is 3.16. The van der Waals surface area contributed by atoms with Gasteiger partial charge >= 0.3 is 0 Å². The van der Waals surface area contributed by atoms with E-state index in [2.05, 4.69) is 12.2 Å². The summed E-state index contributed by atoms with van der Waals surface area (Å²) in [4.78, 5) is 12.4. The van der Waals surface area contributed by atoms with Gasteiger partial charge in [0, 0.05) is 30.5 Å². The highest BCUT2D eigenvalue weighted by Gasteiger charge is 2.22. The van der Waals surface area contributed by atoms with Crippen LogP contribution in [0.2, 0.25) is 0 Å². The Bertz CT molecular complexity index is 818. The lowest BCUT2D eigenvalue weighted by atomic mass is 10.1. The minimum Gasteiger partial charge on any atom is -0.494 e. The molecule has 0 aliphatic carbocycles. The number of carbonyl (C=O) groups excluding carboxylic acids is 1. The Morgan fingerprint density at radius 2 is 1.86 bits per heavy atom. The second-order valence-corrected chi connectivity index (χ2v) is 6.95. The average molecular weight is 383 g/mol. The number of ether oxygens (including phenoxy) is 3. The first-order valence-corrected chi connectivity index (χ1v) is 10.0. The standard InChI is InChI=1S/C23H29NO4/c1-4-26-20-9-7-6-8-17(20)10-11-23(25)24-15-19-14-22-18(12-16(3)28-22)13-21(19)27-5-2/h6-9,13-14,16H,4-5,10-12,15H2,1-3H3,(H,24,25)/t16-/m1/s1. The second kappa shape index (κ2) is 9.49. The van der Waals surface area contributed by atoms with Crippen LogP contribution in [-0.2, 0) is 24.2 Å². The van der Waals surface area contributed by atoms with Gasteiger partial charge in [-0.1, -0.05) is 18.2 Å². The van der Waals surface area contributed by atoms with Crippen molar-refractivity contribution in [2.45, 2.75) is 52.7 Å².